The Balaban J connectivity index is 2.25. The Morgan fingerprint density at radius 3 is 2.58 bits per heavy atom. The van der Waals surface area contributed by atoms with Crippen LogP contribution in [0.4, 0.5) is 0 Å². The summed E-state index contributed by atoms with van der Waals surface area (Å²) in [6, 6.07) is 14.8. The maximum absolute atomic E-state index is 11.7. The minimum absolute atomic E-state index is 0.0215. The van der Waals surface area contributed by atoms with E-state index in [1.807, 2.05) is 63.2 Å². The van der Waals surface area contributed by atoms with Crippen molar-refractivity contribution < 1.29 is 14.6 Å². The van der Waals surface area contributed by atoms with E-state index >= 15 is 0 Å². The van der Waals surface area contributed by atoms with Gasteiger partial charge in [-0.2, -0.15) is 0 Å². The quantitative estimate of drug-likeness (QED) is 0.757. The van der Waals surface area contributed by atoms with E-state index in [1.165, 1.54) is 0 Å². The highest BCUT2D eigenvalue weighted by molar-refractivity contribution is 6.04. The monoisotopic (exact) mass is 321 g/mol. The normalized spacial score (nSPS) is 11.0. The highest BCUT2D eigenvalue weighted by Crippen LogP contribution is 2.32. The number of ether oxygens (including phenoxy) is 1. The predicted octanol–water partition coefficient (Wildman–Crippen LogP) is 4.70. The summed E-state index contributed by atoms with van der Waals surface area (Å²) < 4.78 is 5.84. The average molecular weight is 321 g/mol. The van der Waals surface area contributed by atoms with E-state index < -0.39 is 5.97 Å². The molecule has 3 rings (SSSR count). The van der Waals surface area contributed by atoms with E-state index in [1.54, 1.807) is 6.07 Å². The summed E-state index contributed by atoms with van der Waals surface area (Å²) >= 11 is 0. The molecule has 24 heavy (non-hydrogen) atoms. The molecule has 0 atom stereocenters. The molecular formula is C20H19NO3. The Hall–Kier alpha value is -2.88. The van der Waals surface area contributed by atoms with Gasteiger partial charge in [-0.1, -0.05) is 23.8 Å². The van der Waals surface area contributed by atoms with Gasteiger partial charge in [-0.3, -0.25) is 0 Å². The first-order valence-electron chi connectivity index (χ1n) is 7.86. The topological polar surface area (TPSA) is 59.4 Å². The zero-order valence-corrected chi connectivity index (χ0v) is 13.9. The van der Waals surface area contributed by atoms with Crippen LogP contribution in [0.15, 0.2) is 48.5 Å². The number of aromatic nitrogens is 1. The zero-order chi connectivity index (χ0) is 17.3. The zero-order valence-electron chi connectivity index (χ0n) is 13.9. The van der Waals surface area contributed by atoms with Crippen molar-refractivity contribution in [3.05, 3.63) is 59.7 Å². The van der Waals surface area contributed by atoms with Gasteiger partial charge in [0.1, 0.15) is 5.75 Å². The van der Waals surface area contributed by atoms with E-state index in [4.69, 9.17) is 4.74 Å². The van der Waals surface area contributed by atoms with Crippen molar-refractivity contribution in [2.45, 2.75) is 26.9 Å². The molecule has 2 aromatic carbocycles. The van der Waals surface area contributed by atoms with Crippen molar-refractivity contribution in [3.63, 3.8) is 0 Å². The first-order valence-corrected chi connectivity index (χ1v) is 7.86. The lowest BCUT2D eigenvalue weighted by molar-refractivity contribution is 0.0699. The molecule has 0 bridgehead atoms. The molecule has 0 spiro atoms. The van der Waals surface area contributed by atoms with Crippen LogP contribution in [0.3, 0.4) is 0 Å². The third-order valence-electron chi connectivity index (χ3n) is 3.72. The summed E-state index contributed by atoms with van der Waals surface area (Å²) in [6.07, 6.45) is 0.0215. The molecule has 122 valence electrons. The van der Waals surface area contributed by atoms with Crippen LogP contribution in [0.1, 0.15) is 29.8 Å². The van der Waals surface area contributed by atoms with Crippen LogP contribution in [0, 0.1) is 6.92 Å². The minimum Gasteiger partial charge on any atom is -0.490 e. The number of nitrogens with zero attached hydrogens (tertiary/aromatic N) is 1. The molecule has 0 radical (unpaired) electrons. The maximum atomic E-state index is 11.7. The van der Waals surface area contributed by atoms with Crippen LogP contribution in [0.5, 0.6) is 5.75 Å². The van der Waals surface area contributed by atoms with Gasteiger partial charge in [0.2, 0.25) is 0 Å². The molecule has 0 aliphatic heterocycles. The number of rotatable bonds is 4. The van der Waals surface area contributed by atoms with Crippen LogP contribution >= 0.6 is 0 Å². The van der Waals surface area contributed by atoms with E-state index in [0.29, 0.717) is 22.3 Å². The van der Waals surface area contributed by atoms with Crippen LogP contribution < -0.4 is 4.74 Å². The number of para-hydroxylation sites is 1. The lowest BCUT2D eigenvalue weighted by Gasteiger charge is -2.15. The largest absolute Gasteiger partial charge is 0.490 e. The molecule has 0 saturated carbocycles. The Kier molecular flexibility index (Phi) is 4.21. The fourth-order valence-electron chi connectivity index (χ4n) is 2.69. The van der Waals surface area contributed by atoms with Crippen molar-refractivity contribution in [2.75, 3.05) is 0 Å². The summed E-state index contributed by atoms with van der Waals surface area (Å²) in [4.78, 5) is 16.4. The second-order valence-electron chi connectivity index (χ2n) is 6.04. The molecule has 0 aliphatic carbocycles. The Labute approximate surface area is 140 Å². The highest BCUT2D eigenvalue weighted by Gasteiger charge is 2.15. The third-order valence-corrected chi connectivity index (χ3v) is 3.72. The Bertz CT molecular complexity index is 916. The number of aromatic carboxylic acids is 1. The third kappa shape index (κ3) is 3.08. The summed E-state index contributed by atoms with van der Waals surface area (Å²) in [5, 5.41) is 10.2. The van der Waals surface area contributed by atoms with Gasteiger partial charge in [-0.05, 0) is 51.1 Å². The second-order valence-corrected chi connectivity index (χ2v) is 6.04. The van der Waals surface area contributed by atoms with Crippen LogP contribution in [-0.4, -0.2) is 22.2 Å². The summed E-state index contributed by atoms with van der Waals surface area (Å²) in [7, 11) is 0. The molecule has 4 heteroatoms. The van der Waals surface area contributed by atoms with Gasteiger partial charge < -0.3 is 9.84 Å². The van der Waals surface area contributed by atoms with E-state index in [0.717, 1.165) is 11.1 Å². The van der Waals surface area contributed by atoms with E-state index in [-0.39, 0.29) is 11.7 Å². The van der Waals surface area contributed by atoms with E-state index in [9.17, 15) is 9.90 Å². The van der Waals surface area contributed by atoms with Crippen molar-refractivity contribution in [2.24, 2.45) is 0 Å². The number of hydrogen-bond donors (Lipinski definition) is 1. The van der Waals surface area contributed by atoms with Gasteiger partial charge in [0.15, 0.2) is 0 Å². The fraction of sp³-hybridized carbons (Fsp3) is 0.200. The molecule has 1 N–H and O–H groups in total. The fourth-order valence-corrected chi connectivity index (χ4v) is 2.69. The van der Waals surface area contributed by atoms with Crippen LogP contribution in [0.25, 0.3) is 22.2 Å². The standard InChI is InChI=1S/C20H19NO3/c1-12(2)24-19-7-5-4-6-14(19)18-11-16(20(22)23)15-10-13(3)8-9-17(15)21-18/h4-12H,1-3H3,(H,22,23). The van der Waals surface area contributed by atoms with Gasteiger partial charge in [-0.25, -0.2) is 9.78 Å². The lowest BCUT2D eigenvalue weighted by Crippen LogP contribution is -2.07. The average Bonchev–Trinajstić information content (AvgIpc) is 2.53. The predicted molar refractivity (Wildman–Crippen MR) is 94.6 cm³/mol. The molecule has 0 saturated heterocycles. The lowest BCUT2D eigenvalue weighted by atomic mass is 10.0. The van der Waals surface area contributed by atoms with Gasteiger partial charge in [0, 0.05) is 10.9 Å². The molecular weight excluding hydrogens is 302 g/mol. The SMILES string of the molecule is Cc1ccc2nc(-c3ccccc3OC(C)C)cc(C(=O)O)c2c1. The number of fused-ring (bicyclic) bond motifs is 1. The molecule has 1 heterocycles. The smallest absolute Gasteiger partial charge is 0.336 e. The Morgan fingerprint density at radius 1 is 1.12 bits per heavy atom. The summed E-state index contributed by atoms with van der Waals surface area (Å²) in [5.74, 6) is -0.265. The number of pyridine rings is 1. The Morgan fingerprint density at radius 2 is 1.88 bits per heavy atom. The summed E-state index contributed by atoms with van der Waals surface area (Å²) in [6.45, 7) is 5.84. The highest BCUT2D eigenvalue weighted by atomic mass is 16.5. The molecule has 0 fully saturated rings. The van der Waals surface area contributed by atoms with E-state index in [2.05, 4.69) is 4.98 Å². The molecule has 4 nitrogen and oxygen atoms in total. The first kappa shape index (κ1) is 16.0. The number of hydrogen-bond acceptors (Lipinski definition) is 3. The van der Waals surface area contributed by atoms with Gasteiger partial charge in [0.05, 0.1) is 22.9 Å². The second kappa shape index (κ2) is 6.32. The number of carboxylic acid groups (broad SMARTS) is 1. The molecule has 0 unspecified atom stereocenters. The minimum atomic E-state index is -0.962. The van der Waals surface area contributed by atoms with Gasteiger partial charge in [-0.15, -0.1) is 0 Å². The summed E-state index contributed by atoms with van der Waals surface area (Å²) in [5.41, 5.74) is 3.30. The van der Waals surface area contributed by atoms with Crippen LogP contribution in [0.2, 0.25) is 0 Å². The molecule has 0 aliphatic rings. The number of carboxylic acids is 1. The molecule has 0 amide bonds. The molecule has 3 aromatic rings. The number of aryl methyl sites for hydroxylation is 1. The first-order chi connectivity index (χ1) is 11.5. The molecule has 1 aromatic heterocycles. The number of carbonyl (C=O) groups is 1. The van der Waals surface area contributed by atoms with Crippen molar-refractivity contribution in [3.8, 4) is 17.0 Å². The number of benzene rings is 2. The van der Waals surface area contributed by atoms with Crippen LogP contribution in [-0.2, 0) is 0 Å². The van der Waals surface area contributed by atoms with Crippen molar-refractivity contribution in [1.29, 1.82) is 0 Å². The van der Waals surface area contributed by atoms with Gasteiger partial charge in [0.25, 0.3) is 0 Å². The maximum Gasteiger partial charge on any atom is 0.336 e. The van der Waals surface area contributed by atoms with Crippen molar-refractivity contribution >= 4 is 16.9 Å². The van der Waals surface area contributed by atoms with Gasteiger partial charge >= 0.3 is 5.97 Å². The van der Waals surface area contributed by atoms with Crippen molar-refractivity contribution in [1.82, 2.24) is 4.98 Å².